The van der Waals surface area contributed by atoms with Crippen LogP contribution in [0.5, 0.6) is 0 Å². The van der Waals surface area contributed by atoms with Crippen LogP contribution < -0.4 is 5.32 Å². The third-order valence-electron chi connectivity index (χ3n) is 2.81. The summed E-state index contributed by atoms with van der Waals surface area (Å²) in [6.07, 6.45) is 3.15. The van der Waals surface area contributed by atoms with Crippen LogP contribution >= 0.6 is 11.6 Å². The maximum atomic E-state index is 12.2. The SMILES string of the molecule is CCN(CC(=O)NC(C)(C)C)C(=O)/C=C/c1cccc(Cl)c1. The van der Waals surface area contributed by atoms with Gasteiger partial charge in [-0.2, -0.15) is 0 Å². The van der Waals surface area contributed by atoms with E-state index < -0.39 is 0 Å². The van der Waals surface area contributed by atoms with Crippen molar-refractivity contribution in [3.05, 3.63) is 40.9 Å². The Hall–Kier alpha value is -1.81. The van der Waals surface area contributed by atoms with Gasteiger partial charge in [-0.05, 0) is 51.5 Å². The van der Waals surface area contributed by atoms with Crippen molar-refractivity contribution in [1.29, 1.82) is 0 Å². The standard InChI is InChI=1S/C17H23ClN2O2/c1-5-20(12-15(21)19-17(2,3)4)16(22)10-9-13-7-6-8-14(18)11-13/h6-11H,5,12H2,1-4H3,(H,19,21)/b10-9+. The summed E-state index contributed by atoms with van der Waals surface area (Å²) in [6.45, 7) is 8.07. The normalized spacial score (nSPS) is 11.5. The second-order valence-corrected chi connectivity index (χ2v) is 6.48. The number of carbonyl (C=O) groups excluding carboxylic acids is 2. The van der Waals surface area contributed by atoms with Crippen LogP contribution in [0, 0.1) is 0 Å². The lowest BCUT2D eigenvalue weighted by atomic mass is 10.1. The zero-order chi connectivity index (χ0) is 16.8. The van der Waals surface area contributed by atoms with Gasteiger partial charge >= 0.3 is 0 Å². The van der Waals surface area contributed by atoms with Gasteiger partial charge in [-0.1, -0.05) is 23.7 Å². The van der Waals surface area contributed by atoms with Gasteiger partial charge in [0.15, 0.2) is 0 Å². The first-order valence-corrected chi connectivity index (χ1v) is 7.62. The number of nitrogens with zero attached hydrogens (tertiary/aromatic N) is 1. The Kier molecular flexibility index (Phi) is 6.62. The highest BCUT2D eigenvalue weighted by molar-refractivity contribution is 6.30. The van der Waals surface area contributed by atoms with Crippen molar-refractivity contribution in [2.24, 2.45) is 0 Å². The first-order valence-electron chi connectivity index (χ1n) is 7.25. The Morgan fingerprint density at radius 3 is 2.55 bits per heavy atom. The topological polar surface area (TPSA) is 49.4 Å². The second-order valence-electron chi connectivity index (χ2n) is 6.04. The molecule has 0 bridgehead atoms. The lowest BCUT2D eigenvalue weighted by Gasteiger charge is -2.24. The third-order valence-corrected chi connectivity index (χ3v) is 3.04. The van der Waals surface area contributed by atoms with Crippen molar-refractivity contribution < 1.29 is 9.59 Å². The lowest BCUT2D eigenvalue weighted by Crippen LogP contribution is -2.47. The minimum atomic E-state index is -0.309. The molecule has 1 rings (SSSR count). The van der Waals surface area contributed by atoms with Crippen LogP contribution in [0.4, 0.5) is 0 Å². The van der Waals surface area contributed by atoms with Crippen molar-refractivity contribution in [3.8, 4) is 0 Å². The van der Waals surface area contributed by atoms with E-state index >= 15 is 0 Å². The highest BCUT2D eigenvalue weighted by atomic mass is 35.5. The summed E-state index contributed by atoms with van der Waals surface area (Å²) in [5, 5.41) is 3.46. The van der Waals surface area contributed by atoms with E-state index in [-0.39, 0.29) is 23.9 Å². The summed E-state index contributed by atoms with van der Waals surface area (Å²) in [5.74, 6) is -0.370. The maximum absolute atomic E-state index is 12.2. The molecule has 1 aromatic carbocycles. The summed E-state index contributed by atoms with van der Waals surface area (Å²) >= 11 is 5.90. The first-order chi connectivity index (χ1) is 10.2. The van der Waals surface area contributed by atoms with Gasteiger partial charge in [-0.15, -0.1) is 0 Å². The van der Waals surface area contributed by atoms with Crippen molar-refractivity contribution in [2.45, 2.75) is 33.2 Å². The highest BCUT2D eigenvalue weighted by Gasteiger charge is 2.17. The minimum absolute atomic E-state index is 0.0481. The van der Waals surface area contributed by atoms with Crippen molar-refractivity contribution >= 4 is 29.5 Å². The molecule has 22 heavy (non-hydrogen) atoms. The van der Waals surface area contributed by atoms with Crippen molar-refractivity contribution in [3.63, 3.8) is 0 Å². The van der Waals surface area contributed by atoms with E-state index in [0.717, 1.165) is 5.56 Å². The molecule has 1 N–H and O–H groups in total. The molecule has 0 atom stereocenters. The van der Waals surface area contributed by atoms with Crippen LogP contribution in [0.2, 0.25) is 5.02 Å². The van der Waals surface area contributed by atoms with E-state index in [2.05, 4.69) is 5.32 Å². The molecule has 2 amide bonds. The predicted octanol–water partition coefficient (Wildman–Crippen LogP) is 3.12. The van der Waals surface area contributed by atoms with Gasteiger partial charge in [0.05, 0.1) is 6.54 Å². The van der Waals surface area contributed by atoms with Crippen LogP contribution in [0.1, 0.15) is 33.3 Å². The zero-order valence-electron chi connectivity index (χ0n) is 13.5. The summed E-state index contributed by atoms with van der Waals surface area (Å²) in [7, 11) is 0. The quantitative estimate of drug-likeness (QED) is 0.847. The molecule has 0 spiro atoms. The van der Waals surface area contributed by atoms with E-state index in [1.807, 2.05) is 39.8 Å². The molecule has 4 nitrogen and oxygen atoms in total. The fourth-order valence-electron chi connectivity index (χ4n) is 1.86. The fraction of sp³-hybridized carbons (Fsp3) is 0.412. The van der Waals surface area contributed by atoms with E-state index in [0.29, 0.717) is 11.6 Å². The molecule has 0 heterocycles. The summed E-state index contributed by atoms with van der Waals surface area (Å²) < 4.78 is 0. The Morgan fingerprint density at radius 2 is 2.00 bits per heavy atom. The van der Waals surface area contributed by atoms with Crippen LogP contribution in [0.15, 0.2) is 30.3 Å². The Labute approximate surface area is 137 Å². The molecule has 5 heteroatoms. The fourth-order valence-corrected chi connectivity index (χ4v) is 2.06. The molecule has 0 fully saturated rings. The Balaban J connectivity index is 2.66. The lowest BCUT2D eigenvalue weighted by molar-refractivity contribution is -0.132. The number of hydrogen-bond acceptors (Lipinski definition) is 2. The third kappa shape index (κ3) is 6.76. The summed E-state index contributed by atoms with van der Waals surface area (Å²) in [4.78, 5) is 25.6. The first kappa shape index (κ1) is 18.2. The van der Waals surface area contributed by atoms with Crippen LogP contribution in [-0.2, 0) is 9.59 Å². The van der Waals surface area contributed by atoms with E-state index in [1.165, 1.54) is 11.0 Å². The molecule has 0 aliphatic carbocycles. The minimum Gasteiger partial charge on any atom is -0.350 e. The number of carbonyl (C=O) groups is 2. The molecule has 0 saturated heterocycles. The number of amides is 2. The molecule has 0 aliphatic rings. The smallest absolute Gasteiger partial charge is 0.247 e. The van der Waals surface area contributed by atoms with Crippen molar-refractivity contribution in [1.82, 2.24) is 10.2 Å². The molecule has 0 aliphatic heterocycles. The highest BCUT2D eigenvalue weighted by Crippen LogP contribution is 2.12. The number of rotatable bonds is 5. The zero-order valence-corrected chi connectivity index (χ0v) is 14.3. The summed E-state index contributed by atoms with van der Waals surface area (Å²) in [6, 6.07) is 7.23. The number of hydrogen-bond donors (Lipinski definition) is 1. The van der Waals surface area contributed by atoms with Crippen LogP contribution in [-0.4, -0.2) is 35.3 Å². The van der Waals surface area contributed by atoms with Crippen molar-refractivity contribution in [2.75, 3.05) is 13.1 Å². The Bertz CT molecular complexity index is 562. The molecular formula is C17H23ClN2O2. The molecule has 1 aromatic rings. The molecule has 0 unspecified atom stereocenters. The number of nitrogens with one attached hydrogen (secondary N) is 1. The van der Waals surface area contributed by atoms with Crippen LogP contribution in [0.25, 0.3) is 6.08 Å². The van der Waals surface area contributed by atoms with E-state index in [1.54, 1.807) is 18.2 Å². The van der Waals surface area contributed by atoms with E-state index in [4.69, 9.17) is 11.6 Å². The van der Waals surface area contributed by atoms with Gasteiger partial charge < -0.3 is 10.2 Å². The monoisotopic (exact) mass is 322 g/mol. The molecule has 0 radical (unpaired) electrons. The Morgan fingerprint density at radius 1 is 1.32 bits per heavy atom. The van der Waals surface area contributed by atoms with Gasteiger partial charge in [0.25, 0.3) is 0 Å². The molecule has 120 valence electrons. The van der Waals surface area contributed by atoms with Gasteiger partial charge in [0.1, 0.15) is 0 Å². The second kappa shape index (κ2) is 7.99. The number of benzene rings is 1. The van der Waals surface area contributed by atoms with Gasteiger partial charge in [-0.25, -0.2) is 0 Å². The largest absolute Gasteiger partial charge is 0.350 e. The average molecular weight is 323 g/mol. The molecular weight excluding hydrogens is 300 g/mol. The maximum Gasteiger partial charge on any atom is 0.247 e. The van der Waals surface area contributed by atoms with Gasteiger partial charge in [-0.3, -0.25) is 9.59 Å². The van der Waals surface area contributed by atoms with Crippen LogP contribution in [0.3, 0.4) is 0 Å². The number of halogens is 1. The summed E-state index contributed by atoms with van der Waals surface area (Å²) in [5.41, 5.74) is 0.534. The predicted molar refractivity (Wildman–Crippen MR) is 90.6 cm³/mol. The van der Waals surface area contributed by atoms with Gasteiger partial charge in [0, 0.05) is 23.2 Å². The number of likely N-dealkylation sites (N-methyl/N-ethyl adjacent to an activating group) is 1. The van der Waals surface area contributed by atoms with Gasteiger partial charge in [0.2, 0.25) is 11.8 Å². The molecule has 0 saturated carbocycles. The average Bonchev–Trinajstić information content (AvgIpc) is 2.40. The molecule has 0 aromatic heterocycles. The van der Waals surface area contributed by atoms with E-state index in [9.17, 15) is 9.59 Å².